The van der Waals surface area contributed by atoms with Crippen LogP contribution in [-0.2, 0) is 4.79 Å². The maximum Gasteiger partial charge on any atom is 0.273 e. The normalized spacial score (nSPS) is 14.5. The van der Waals surface area contributed by atoms with Crippen LogP contribution in [0.15, 0.2) is 18.2 Å². The largest absolute Gasteiger partial charge is 0.356 e. The second-order valence-electron chi connectivity index (χ2n) is 5.99. The van der Waals surface area contributed by atoms with Gasteiger partial charge in [0.15, 0.2) is 0 Å². The lowest BCUT2D eigenvalue weighted by molar-refractivity contribution is -0.385. The van der Waals surface area contributed by atoms with Gasteiger partial charge in [-0.05, 0) is 18.9 Å². The summed E-state index contributed by atoms with van der Waals surface area (Å²) in [6, 6.07) is 4.58. The number of rotatable bonds is 5. The molecule has 1 saturated heterocycles. The van der Waals surface area contributed by atoms with Crippen molar-refractivity contribution in [3.05, 3.63) is 39.4 Å². The van der Waals surface area contributed by atoms with Crippen LogP contribution in [0.5, 0.6) is 0 Å². The Kier molecular flexibility index (Phi) is 4.98. The molecule has 1 N–H and O–H groups in total. The predicted octanol–water partition coefficient (Wildman–Crippen LogP) is 1.93. The summed E-state index contributed by atoms with van der Waals surface area (Å²) in [7, 11) is 0. The van der Waals surface area contributed by atoms with Gasteiger partial charge in [0.05, 0.1) is 10.8 Å². The predicted molar refractivity (Wildman–Crippen MR) is 85.3 cm³/mol. The first-order valence-electron chi connectivity index (χ1n) is 7.70. The number of nitro groups is 1. The molecular formula is C16H21N3O4. The van der Waals surface area contributed by atoms with Gasteiger partial charge in [-0.25, -0.2) is 0 Å². The Morgan fingerprint density at radius 1 is 1.39 bits per heavy atom. The van der Waals surface area contributed by atoms with Crippen molar-refractivity contribution in [1.29, 1.82) is 0 Å². The average molecular weight is 319 g/mol. The summed E-state index contributed by atoms with van der Waals surface area (Å²) in [5.74, 6) is -0.517. The van der Waals surface area contributed by atoms with Gasteiger partial charge in [0, 0.05) is 36.8 Å². The van der Waals surface area contributed by atoms with E-state index in [0.29, 0.717) is 25.2 Å². The molecule has 1 aromatic rings. The zero-order valence-electron chi connectivity index (χ0n) is 13.5. The highest BCUT2D eigenvalue weighted by molar-refractivity contribution is 5.96. The number of likely N-dealkylation sites (tertiary alicyclic amines) is 1. The molecule has 1 aliphatic rings. The summed E-state index contributed by atoms with van der Waals surface area (Å²) < 4.78 is 0. The van der Waals surface area contributed by atoms with Gasteiger partial charge >= 0.3 is 0 Å². The van der Waals surface area contributed by atoms with Crippen molar-refractivity contribution < 1.29 is 14.5 Å². The first kappa shape index (κ1) is 16.9. The summed E-state index contributed by atoms with van der Waals surface area (Å²) in [6.07, 6.45) is 0. The van der Waals surface area contributed by atoms with Gasteiger partial charge in [0.1, 0.15) is 0 Å². The van der Waals surface area contributed by atoms with E-state index in [4.69, 9.17) is 0 Å². The highest BCUT2D eigenvalue weighted by Crippen LogP contribution is 2.28. The number of carbonyl (C=O) groups is 2. The molecule has 0 radical (unpaired) electrons. The molecule has 0 aliphatic carbocycles. The van der Waals surface area contributed by atoms with Crippen LogP contribution in [0.25, 0.3) is 0 Å². The van der Waals surface area contributed by atoms with Crippen LogP contribution in [-0.4, -0.2) is 41.3 Å². The van der Waals surface area contributed by atoms with E-state index in [0.717, 1.165) is 0 Å². The maximum absolute atomic E-state index is 12.4. The maximum atomic E-state index is 12.4. The van der Waals surface area contributed by atoms with E-state index in [1.54, 1.807) is 12.1 Å². The fourth-order valence-corrected chi connectivity index (χ4v) is 2.63. The molecular weight excluding hydrogens is 298 g/mol. The van der Waals surface area contributed by atoms with E-state index in [1.165, 1.54) is 11.0 Å². The third kappa shape index (κ3) is 3.49. The van der Waals surface area contributed by atoms with Crippen molar-refractivity contribution >= 4 is 17.5 Å². The van der Waals surface area contributed by atoms with Crippen LogP contribution < -0.4 is 5.32 Å². The molecule has 0 bridgehead atoms. The molecule has 0 aromatic heterocycles. The smallest absolute Gasteiger partial charge is 0.273 e. The lowest BCUT2D eigenvalue weighted by Gasteiger charge is -2.38. The van der Waals surface area contributed by atoms with Crippen molar-refractivity contribution in [1.82, 2.24) is 10.2 Å². The van der Waals surface area contributed by atoms with E-state index < -0.39 is 4.92 Å². The molecule has 0 spiro atoms. The number of nitro benzene ring substituents is 1. The third-order valence-electron chi connectivity index (χ3n) is 3.99. The molecule has 0 unspecified atom stereocenters. The second-order valence-corrected chi connectivity index (χ2v) is 5.99. The number of amides is 2. The summed E-state index contributed by atoms with van der Waals surface area (Å²) >= 11 is 0. The molecule has 23 heavy (non-hydrogen) atoms. The summed E-state index contributed by atoms with van der Waals surface area (Å²) in [6.45, 7) is 6.85. The van der Waals surface area contributed by atoms with Gasteiger partial charge in [-0.15, -0.1) is 0 Å². The van der Waals surface area contributed by atoms with Crippen molar-refractivity contribution in [2.75, 3.05) is 19.6 Å². The lowest BCUT2D eigenvalue weighted by atomic mass is 9.96. The minimum Gasteiger partial charge on any atom is -0.356 e. The number of nitrogens with one attached hydrogen (secondary N) is 1. The zero-order chi connectivity index (χ0) is 17.1. The monoisotopic (exact) mass is 319 g/mol. The van der Waals surface area contributed by atoms with E-state index in [9.17, 15) is 19.7 Å². The fourth-order valence-electron chi connectivity index (χ4n) is 2.63. The van der Waals surface area contributed by atoms with Crippen molar-refractivity contribution in [2.24, 2.45) is 5.92 Å². The number of benzene rings is 1. The zero-order valence-corrected chi connectivity index (χ0v) is 13.5. The lowest BCUT2D eigenvalue weighted by Crippen LogP contribution is -2.55. The minimum absolute atomic E-state index is 0.00526. The van der Waals surface area contributed by atoms with Crippen LogP contribution in [0.2, 0.25) is 0 Å². The molecule has 124 valence electrons. The fraction of sp³-hybridized carbons (Fsp3) is 0.500. The highest BCUT2D eigenvalue weighted by Gasteiger charge is 2.36. The Bertz CT molecular complexity index is 636. The van der Waals surface area contributed by atoms with Gasteiger partial charge in [-0.3, -0.25) is 19.7 Å². The van der Waals surface area contributed by atoms with Gasteiger partial charge in [-0.2, -0.15) is 0 Å². The molecule has 1 aliphatic heterocycles. The SMILES string of the molecule is CCNC(=O)C1CN(C(=O)c2ccc(C(C)C)c([N+](=O)[O-])c2)C1. The quantitative estimate of drug-likeness (QED) is 0.663. The first-order valence-corrected chi connectivity index (χ1v) is 7.70. The van der Waals surface area contributed by atoms with Gasteiger partial charge in [0.2, 0.25) is 5.91 Å². The summed E-state index contributed by atoms with van der Waals surface area (Å²) in [4.78, 5) is 36.3. The van der Waals surface area contributed by atoms with Crippen LogP contribution in [0, 0.1) is 16.0 Å². The molecule has 1 aromatic carbocycles. The Hall–Kier alpha value is -2.44. The topological polar surface area (TPSA) is 92.6 Å². The molecule has 0 atom stereocenters. The summed E-state index contributed by atoms with van der Waals surface area (Å²) in [5.41, 5.74) is 0.859. The Morgan fingerprint density at radius 3 is 2.57 bits per heavy atom. The van der Waals surface area contributed by atoms with Gasteiger partial charge < -0.3 is 10.2 Å². The van der Waals surface area contributed by atoms with Crippen molar-refractivity contribution in [3.63, 3.8) is 0 Å². The van der Waals surface area contributed by atoms with Crippen LogP contribution in [0.3, 0.4) is 0 Å². The molecule has 1 heterocycles. The number of hydrogen-bond donors (Lipinski definition) is 1. The van der Waals surface area contributed by atoms with Crippen molar-refractivity contribution in [2.45, 2.75) is 26.7 Å². The Labute approximate surface area is 134 Å². The van der Waals surface area contributed by atoms with E-state index in [-0.39, 0.29) is 34.9 Å². The van der Waals surface area contributed by atoms with Gasteiger partial charge in [-0.1, -0.05) is 19.9 Å². The first-order chi connectivity index (χ1) is 10.8. The van der Waals surface area contributed by atoms with Crippen LogP contribution in [0.1, 0.15) is 42.6 Å². The molecule has 2 rings (SSSR count). The van der Waals surface area contributed by atoms with Crippen LogP contribution >= 0.6 is 0 Å². The third-order valence-corrected chi connectivity index (χ3v) is 3.99. The number of hydrogen-bond acceptors (Lipinski definition) is 4. The molecule has 7 heteroatoms. The highest BCUT2D eigenvalue weighted by atomic mass is 16.6. The molecule has 0 saturated carbocycles. The van der Waals surface area contributed by atoms with E-state index in [2.05, 4.69) is 5.32 Å². The standard InChI is InChI=1S/C16H21N3O4/c1-4-17-15(20)12-8-18(9-12)16(21)11-5-6-13(10(2)3)14(7-11)19(22)23/h5-7,10,12H,4,8-9H2,1-3H3,(H,17,20). The molecule has 2 amide bonds. The molecule has 1 fully saturated rings. The Morgan fingerprint density at radius 2 is 2.04 bits per heavy atom. The van der Waals surface area contributed by atoms with E-state index >= 15 is 0 Å². The Balaban J connectivity index is 2.11. The molecule has 7 nitrogen and oxygen atoms in total. The minimum atomic E-state index is -0.459. The summed E-state index contributed by atoms with van der Waals surface area (Å²) in [5, 5.41) is 13.9. The van der Waals surface area contributed by atoms with E-state index in [1.807, 2.05) is 20.8 Å². The number of carbonyl (C=O) groups excluding carboxylic acids is 2. The van der Waals surface area contributed by atoms with Crippen molar-refractivity contribution in [3.8, 4) is 0 Å². The van der Waals surface area contributed by atoms with Gasteiger partial charge in [0.25, 0.3) is 11.6 Å². The van der Waals surface area contributed by atoms with Crippen LogP contribution in [0.4, 0.5) is 5.69 Å². The number of nitrogens with zero attached hydrogens (tertiary/aromatic N) is 2. The second kappa shape index (κ2) is 6.76. The average Bonchev–Trinajstić information content (AvgIpc) is 2.45.